The fourth-order valence-corrected chi connectivity index (χ4v) is 3.39. The summed E-state index contributed by atoms with van der Waals surface area (Å²) in [7, 11) is 1.62. The molecule has 1 saturated carbocycles. The van der Waals surface area contributed by atoms with Crippen molar-refractivity contribution in [3.63, 3.8) is 0 Å². The Bertz CT molecular complexity index is 1040. The number of rotatable bonds is 10. The Morgan fingerprint density at radius 2 is 1.88 bits per heavy atom. The van der Waals surface area contributed by atoms with Crippen molar-refractivity contribution in [2.24, 2.45) is 0 Å². The van der Waals surface area contributed by atoms with Crippen LogP contribution in [0.15, 0.2) is 65.2 Å². The number of hydrogen-bond acceptors (Lipinski definition) is 5. The predicted molar refractivity (Wildman–Crippen MR) is 120 cm³/mol. The third-order valence-electron chi connectivity index (χ3n) is 5.35. The zero-order valence-electron chi connectivity index (χ0n) is 18.0. The number of aromatic nitrogens is 1. The van der Waals surface area contributed by atoms with Crippen molar-refractivity contribution in [2.45, 2.75) is 44.2 Å². The molecule has 2 amide bonds. The van der Waals surface area contributed by atoms with Gasteiger partial charge < -0.3 is 19.8 Å². The summed E-state index contributed by atoms with van der Waals surface area (Å²) < 4.78 is 11.0. The topological polar surface area (TPSA) is 93.5 Å². The fourth-order valence-electron chi connectivity index (χ4n) is 3.39. The van der Waals surface area contributed by atoms with E-state index in [0.29, 0.717) is 24.5 Å². The van der Waals surface area contributed by atoms with Crippen LogP contribution in [0.1, 0.15) is 30.7 Å². The van der Waals surface area contributed by atoms with Gasteiger partial charge in [-0.15, -0.1) is 0 Å². The minimum Gasteiger partial charge on any atom is -0.497 e. The monoisotopic (exact) mass is 433 g/mol. The summed E-state index contributed by atoms with van der Waals surface area (Å²) in [6.45, 7) is 0. The van der Waals surface area contributed by atoms with Gasteiger partial charge in [0, 0.05) is 30.9 Å². The van der Waals surface area contributed by atoms with Gasteiger partial charge in [0.15, 0.2) is 11.7 Å². The third-order valence-corrected chi connectivity index (χ3v) is 5.35. The van der Waals surface area contributed by atoms with Crippen molar-refractivity contribution < 1.29 is 18.7 Å². The number of ether oxygens (including phenoxy) is 1. The Labute approximate surface area is 187 Å². The van der Waals surface area contributed by atoms with E-state index < -0.39 is 6.04 Å². The summed E-state index contributed by atoms with van der Waals surface area (Å²) in [5.41, 5.74) is 1.88. The molecule has 1 unspecified atom stereocenters. The number of carbonyl (C=O) groups excluding carboxylic acids is 2. The zero-order valence-corrected chi connectivity index (χ0v) is 18.0. The number of carbonyl (C=O) groups is 2. The van der Waals surface area contributed by atoms with E-state index in [1.807, 2.05) is 54.6 Å². The highest BCUT2D eigenvalue weighted by Crippen LogP contribution is 2.23. The predicted octanol–water partition coefficient (Wildman–Crippen LogP) is 3.29. The molecule has 1 aromatic heterocycles. The molecular formula is C25H27N3O4. The van der Waals surface area contributed by atoms with E-state index >= 15 is 0 Å². The van der Waals surface area contributed by atoms with Gasteiger partial charge in [-0.2, -0.15) is 0 Å². The first-order chi connectivity index (χ1) is 15.6. The fraction of sp³-hybridized carbons (Fsp3) is 0.320. The molecule has 4 rings (SSSR count). The van der Waals surface area contributed by atoms with E-state index in [0.717, 1.165) is 29.7 Å². The molecule has 1 atom stereocenters. The van der Waals surface area contributed by atoms with Crippen molar-refractivity contribution in [3.05, 3.63) is 72.2 Å². The number of nitrogens with zero attached hydrogens (tertiary/aromatic N) is 1. The van der Waals surface area contributed by atoms with Gasteiger partial charge >= 0.3 is 0 Å². The number of methoxy groups -OCH3 is 1. The summed E-state index contributed by atoms with van der Waals surface area (Å²) in [5, 5.41) is 5.88. The van der Waals surface area contributed by atoms with Crippen LogP contribution in [-0.4, -0.2) is 36.0 Å². The van der Waals surface area contributed by atoms with E-state index in [4.69, 9.17) is 9.15 Å². The van der Waals surface area contributed by atoms with Gasteiger partial charge in [0.25, 0.3) is 0 Å². The number of nitrogens with one attached hydrogen (secondary N) is 2. The van der Waals surface area contributed by atoms with Crippen LogP contribution in [0, 0.1) is 0 Å². The Balaban J connectivity index is 1.33. The largest absolute Gasteiger partial charge is 0.497 e. The maximum atomic E-state index is 12.6. The molecule has 2 N–H and O–H groups in total. The maximum Gasteiger partial charge on any atom is 0.243 e. The van der Waals surface area contributed by atoms with Crippen LogP contribution < -0.4 is 15.4 Å². The molecule has 1 fully saturated rings. The van der Waals surface area contributed by atoms with Crippen LogP contribution in [-0.2, 0) is 22.4 Å². The number of oxazole rings is 1. The Kier molecular flexibility index (Phi) is 6.84. The van der Waals surface area contributed by atoms with Gasteiger partial charge in [-0.05, 0) is 42.7 Å². The molecular weight excluding hydrogens is 406 g/mol. The van der Waals surface area contributed by atoms with Gasteiger partial charge in [-0.25, -0.2) is 4.98 Å². The quantitative estimate of drug-likeness (QED) is 0.512. The molecule has 1 aliphatic rings. The van der Waals surface area contributed by atoms with Crippen LogP contribution in [0.4, 0.5) is 0 Å². The lowest BCUT2D eigenvalue weighted by Crippen LogP contribution is -2.48. The van der Waals surface area contributed by atoms with Crippen molar-refractivity contribution in [1.82, 2.24) is 15.6 Å². The first-order valence-electron chi connectivity index (χ1n) is 10.8. The van der Waals surface area contributed by atoms with E-state index in [1.54, 1.807) is 13.3 Å². The highest BCUT2D eigenvalue weighted by molar-refractivity contribution is 5.88. The molecule has 0 aliphatic heterocycles. The molecule has 7 heteroatoms. The molecule has 7 nitrogen and oxygen atoms in total. The van der Waals surface area contributed by atoms with Gasteiger partial charge in [-0.1, -0.05) is 30.3 Å². The van der Waals surface area contributed by atoms with Crippen molar-refractivity contribution in [1.29, 1.82) is 0 Å². The molecule has 0 saturated heterocycles. The average molecular weight is 434 g/mol. The van der Waals surface area contributed by atoms with E-state index in [-0.39, 0.29) is 24.3 Å². The first-order valence-corrected chi connectivity index (χ1v) is 10.8. The van der Waals surface area contributed by atoms with Crippen molar-refractivity contribution in [3.8, 4) is 17.1 Å². The number of hydrogen-bond donors (Lipinski definition) is 2. The molecule has 3 aromatic rings. The summed E-state index contributed by atoms with van der Waals surface area (Å²) >= 11 is 0. The second-order valence-electron chi connectivity index (χ2n) is 7.94. The third kappa shape index (κ3) is 5.97. The SMILES string of the molecule is COc1ccc(-c2cnc(CCC(=O)NC(Cc3ccccc3)C(=O)NC3CC3)o2)cc1. The number of amides is 2. The summed E-state index contributed by atoms with van der Waals surface area (Å²) in [6, 6.07) is 16.8. The first kappa shape index (κ1) is 21.6. The van der Waals surface area contributed by atoms with Crippen LogP contribution in [0.2, 0.25) is 0 Å². The average Bonchev–Trinajstić information content (AvgIpc) is 3.51. The van der Waals surface area contributed by atoms with Crippen LogP contribution in [0.5, 0.6) is 5.75 Å². The number of aryl methyl sites for hydroxylation is 1. The van der Waals surface area contributed by atoms with E-state index in [2.05, 4.69) is 15.6 Å². The van der Waals surface area contributed by atoms with Gasteiger partial charge in [-0.3, -0.25) is 9.59 Å². The highest BCUT2D eigenvalue weighted by atomic mass is 16.5. The summed E-state index contributed by atoms with van der Waals surface area (Å²) in [6.07, 6.45) is 4.63. The lowest BCUT2D eigenvalue weighted by molar-refractivity contribution is -0.129. The second kappa shape index (κ2) is 10.1. The lowest BCUT2D eigenvalue weighted by atomic mass is 10.0. The van der Waals surface area contributed by atoms with Crippen LogP contribution in [0.3, 0.4) is 0 Å². The molecule has 32 heavy (non-hydrogen) atoms. The molecule has 0 bridgehead atoms. The Hall–Kier alpha value is -3.61. The summed E-state index contributed by atoms with van der Waals surface area (Å²) in [4.78, 5) is 29.5. The standard InChI is InChI=1S/C25H27N3O4/c1-31-20-11-7-18(8-12-20)22-16-26-24(32-22)14-13-23(29)28-21(25(30)27-19-9-10-19)15-17-5-3-2-4-6-17/h2-8,11-12,16,19,21H,9-10,13-15H2,1H3,(H,27,30)(H,28,29). The lowest BCUT2D eigenvalue weighted by Gasteiger charge is -2.18. The van der Waals surface area contributed by atoms with Crippen LogP contribution in [0.25, 0.3) is 11.3 Å². The van der Waals surface area contributed by atoms with E-state index in [1.165, 1.54) is 0 Å². The van der Waals surface area contributed by atoms with Crippen molar-refractivity contribution >= 4 is 11.8 Å². The minimum atomic E-state index is -0.607. The normalized spacial score (nSPS) is 13.9. The zero-order chi connectivity index (χ0) is 22.3. The Morgan fingerprint density at radius 1 is 1.12 bits per heavy atom. The Morgan fingerprint density at radius 3 is 2.56 bits per heavy atom. The second-order valence-corrected chi connectivity index (χ2v) is 7.94. The maximum absolute atomic E-state index is 12.6. The molecule has 2 aromatic carbocycles. The molecule has 0 radical (unpaired) electrons. The van der Waals surface area contributed by atoms with Crippen LogP contribution >= 0.6 is 0 Å². The van der Waals surface area contributed by atoms with Gasteiger partial charge in [0.1, 0.15) is 11.8 Å². The molecule has 0 spiro atoms. The molecule has 1 heterocycles. The van der Waals surface area contributed by atoms with Crippen molar-refractivity contribution in [2.75, 3.05) is 7.11 Å². The molecule has 1 aliphatic carbocycles. The van der Waals surface area contributed by atoms with E-state index in [9.17, 15) is 9.59 Å². The highest BCUT2D eigenvalue weighted by Gasteiger charge is 2.28. The molecule has 166 valence electrons. The smallest absolute Gasteiger partial charge is 0.243 e. The number of benzene rings is 2. The minimum absolute atomic E-state index is 0.136. The summed E-state index contributed by atoms with van der Waals surface area (Å²) in [5.74, 6) is 1.53. The van der Waals surface area contributed by atoms with Gasteiger partial charge in [0.2, 0.25) is 11.8 Å². The van der Waals surface area contributed by atoms with Gasteiger partial charge in [0.05, 0.1) is 13.3 Å².